The van der Waals surface area contributed by atoms with Gasteiger partial charge in [-0.1, -0.05) is 19.1 Å². The van der Waals surface area contributed by atoms with Crippen LogP contribution >= 0.6 is 0 Å². The van der Waals surface area contributed by atoms with Gasteiger partial charge >= 0.3 is 0 Å². The van der Waals surface area contributed by atoms with Crippen LogP contribution in [0.5, 0.6) is 0 Å². The molecule has 0 atom stereocenters. The number of primary sulfonamides is 1. The molecule has 3 aromatic carbocycles. The number of amides is 1. The summed E-state index contributed by atoms with van der Waals surface area (Å²) in [5, 5.41) is 11.9. The fraction of sp³-hybridized carbons (Fsp3) is 0.150. The van der Waals surface area contributed by atoms with Gasteiger partial charge in [-0.15, -0.1) is 0 Å². The van der Waals surface area contributed by atoms with Crippen molar-refractivity contribution in [2.75, 3.05) is 21.9 Å². The topological polar surface area (TPSA) is 147 Å². The minimum Gasteiger partial charge on any atom is -0.383 e. The van der Waals surface area contributed by atoms with Crippen molar-refractivity contribution in [1.82, 2.24) is 0 Å². The van der Waals surface area contributed by atoms with Gasteiger partial charge in [0.2, 0.25) is 10.0 Å². The summed E-state index contributed by atoms with van der Waals surface area (Å²) in [6.45, 7) is 2.50. The molecule has 0 radical (unpaired) electrons. The predicted molar refractivity (Wildman–Crippen MR) is 119 cm³/mol. The normalized spacial score (nSPS) is 13.3. The SMILES string of the molecule is CCCNc1ccc(S(N)(=O)=O)cc1NS(=O)(=O)c1ccc2c3c(cccc13)C(=O)N2. The van der Waals surface area contributed by atoms with Crippen LogP contribution in [0.15, 0.2) is 58.3 Å². The van der Waals surface area contributed by atoms with Crippen molar-refractivity contribution in [3.8, 4) is 0 Å². The van der Waals surface area contributed by atoms with Gasteiger partial charge in [0, 0.05) is 28.6 Å². The number of hydrogen-bond acceptors (Lipinski definition) is 6. The van der Waals surface area contributed by atoms with Crippen molar-refractivity contribution in [2.24, 2.45) is 5.14 Å². The molecule has 1 amide bonds. The number of nitrogens with two attached hydrogens (primary N) is 1. The third-order valence-electron chi connectivity index (χ3n) is 4.91. The van der Waals surface area contributed by atoms with Gasteiger partial charge in [-0.05, 0) is 42.8 Å². The van der Waals surface area contributed by atoms with E-state index in [1.807, 2.05) is 6.92 Å². The molecule has 3 aromatic rings. The molecule has 1 heterocycles. The highest BCUT2D eigenvalue weighted by molar-refractivity contribution is 7.93. The van der Waals surface area contributed by atoms with Crippen LogP contribution in [-0.2, 0) is 20.0 Å². The maximum Gasteiger partial charge on any atom is 0.262 e. The largest absolute Gasteiger partial charge is 0.383 e. The highest BCUT2D eigenvalue weighted by atomic mass is 32.2. The maximum absolute atomic E-state index is 13.3. The van der Waals surface area contributed by atoms with Crippen LogP contribution in [-0.4, -0.2) is 29.3 Å². The number of carbonyl (C=O) groups is 1. The predicted octanol–water partition coefficient (Wildman–Crippen LogP) is 2.68. The number of carbonyl (C=O) groups excluding carboxylic acids is 1. The van der Waals surface area contributed by atoms with E-state index in [9.17, 15) is 21.6 Å². The van der Waals surface area contributed by atoms with E-state index in [4.69, 9.17) is 5.14 Å². The third kappa shape index (κ3) is 3.82. The molecule has 9 nitrogen and oxygen atoms in total. The third-order valence-corrected chi connectivity index (χ3v) is 7.25. The second-order valence-corrected chi connectivity index (χ2v) is 10.3. The highest BCUT2D eigenvalue weighted by Crippen LogP contribution is 2.37. The molecule has 0 saturated carbocycles. The monoisotopic (exact) mass is 460 g/mol. The number of nitrogens with one attached hydrogen (secondary N) is 3. The van der Waals surface area contributed by atoms with Gasteiger partial charge in [-0.25, -0.2) is 22.0 Å². The first-order chi connectivity index (χ1) is 14.6. The maximum atomic E-state index is 13.3. The van der Waals surface area contributed by atoms with Crippen molar-refractivity contribution < 1.29 is 21.6 Å². The Bertz CT molecular complexity index is 1430. The van der Waals surface area contributed by atoms with Crippen molar-refractivity contribution in [3.63, 3.8) is 0 Å². The van der Waals surface area contributed by atoms with E-state index in [1.165, 1.54) is 30.3 Å². The smallest absolute Gasteiger partial charge is 0.262 e. The molecule has 162 valence electrons. The first kappa shape index (κ1) is 21.1. The summed E-state index contributed by atoms with van der Waals surface area (Å²) >= 11 is 0. The van der Waals surface area contributed by atoms with Crippen LogP contribution in [0.25, 0.3) is 10.8 Å². The summed E-state index contributed by atoms with van der Waals surface area (Å²) in [4.78, 5) is 11.9. The number of benzene rings is 3. The molecule has 1 aliphatic heterocycles. The van der Waals surface area contributed by atoms with Crippen LogP contribution < -0.4 is 20.5 Å². The van der Waals surface area contributed by atoms with E-state index in [1.54, 1.807) is 18.2 Å². The summed E-state index contributed by atoms with van der Waals surface area (Å²) in [5.41, 5.74) is 1.40. The zero-order valence-corrected chi connectivity index (χ0v) is 18.1. The summed E-state index contributed by atoms with van der Waals surface area (Å²) < 4.78 is 52.6. The van der Waals surface area contributed by atoms with Crippen molar-refractivity contribution >= 4 is 53.8 Å². The van der Waals surface area contributed by atoms with Crippen molar-refractivity contribution in [2.45, 2.75) is 23.1 Å². The summed E-state index contributed by atoms with van der Waals surface area (Å²) in [5.74, 6) is -0.296. The van der Waals surface area contributed by atoms with Gasteiger partial charge in [0.1, 0.15) is 0 Å². The first-order valence-corrected chi connectivity index (χ1v) is 12.5. The van der Waals surface area contributed by atoms with Gasteiger partial charge in [0.05, 0.1) is 21.2 Å². The Labute approximate surface area is 179 Å². The average Bonchev–Trinajstić information content (AvgIpc) is 3.03. The van der Waals surface area contributed by atoms with Crippen LogP contribution in [0.2, 0.25) is 0 Å². The second kappa shape index (κ2) is 7.52. The zero-order chi connectivity index (χ0) is 22.4. The Hall–Kier alpha value is -3.15. The fourth-order valence-electron chi connectivity index (χ4n) is 3.50. The lowest BCUT2D eigenvalue weighted by Gasteiger charge is -2.16. The molecule has 4 rings (SSSR count). The van der Waals surface area contributed by atoms with Crippen LogP contribution in [0.1, 0.15) is 23.7 Å². The van der Waals surface area contributed by atoms with Gasteiger partial charge in [-0.2, -0.15) is 0 Å². The Balaban J connectivity index is 1.83. The number of sulfonamides is 2. The Morgan fingerprint density at radius 1 is 1.00 bits per heavy atom. The quantitative estimate of drug-likeness (QED) is 0.426. The lowest BCUT2D eigenvalue weighted by Crippen LogP contribution is -2.17. The van der Waals surface area contributed by atoms with Gasteiger partial charge in [-0.3, -0.25) is 9.52 Å². The molecule has 11 heteroatoms. The van der Waals surface area contributed by atoms with Gasteiger partial charge in [0.25, 0.3) is 15.9 Å². The molecule has 1 aliphatic rings. The number of hydrogen-bond donors (Lipinski definition) is 4. The minimum absolute atomic E-state index is 0.0351. The molecule has 0 unspecified atom stereocenters. The lowest BCUT2D eigenvalue weighted by molar-refractivity contribution is 0.103. The van der Waals surface area contributed by atoms with Crippen molar-refractivity contribution in [3.05, 3.63) is 54.1 Å². The summed E-state index contributed by atoms with van der Waals surface area (Å²) in [7, 11) is -8.17. The van der Waals surface area contributed by atoms with E-state index in [0.29, 0.717) is 34.3 Å². The Morgan fingerprint density at radius 2 is 1.77 bits per heavy atom. The summed E-state index contributed by atoms with van der Waals surface area (Å²) in [6.07, 6.45) is 0.777. The van der Waals surface area contributed by atoms with Crippen molar-refractivity contribution in [1.29, 1.82) is 0 Å². The van der Waals surface area contributed by atoms with Gasteiger partial charge in [0.15, 0.2) is 0 Å². The Kier molecular flexibility index (Phi) is 5.12. The molecule has 5 N–H and O–H groups in total. The molecule has 0 aliphatic carbocycles. The molecular weight excluding hydrogens is 440 g/mol. The number of anilines is 3. The van der Waals surface area contributed by atoms with E-state index in [0.717, 1.165) is 6.42 Å². The molecular formula is C20H20N4O5S2. The standard InChI is InChI=1S/C20H20N4O5S2/c1-2-10-22-15-7-6-12(30(21,26)27)11-17(15)24-31(28,29)18-9-8-16-19-13(18)4-3-5-14(19)20(25)23-16/h3-9,11,22,24H,2,10H2,1H3,(H,23,25)(H2,21,26,27). The highest BCUT2D eigenvalue weighted by Gasteiger charge is 2.27. The Morgan fingerprint density at radius 3 is 2.48 bits per heavy atom. The van der Waals surface area contributed by atoms with E-state index >= 15 is 0 Å². The fourth-order valence-corrected chi connectivity index (χ4v) is 5.31. The molecule has 0 bridgehead atoms. The first-order valence-electron chi connectivity index (χ1n) is 9.42. The molecule has 0 spiro atoms. The van der Waals surface area contributed by atoms with E-state index < -0.39 is 20.0 Å². The van der Waals surface area contributed by atoms with Crippen LogP contribution in [0.4, 0.5) is 17.1 Å². The molecule has 0 aromatic heterocycles. The molecule has 0 saturated heterocycles. The molecule has 31 heavy (non-hydrogen) atoms. The van der Waals surface area contributed by atoms with Crippen LogP contribution in [0, 0.1) is 0 Å². The summed E-state index contributed by atoms with van der Waals surface area (Å²) in [6, 6.07) is 11.7. The second-order valence-electron chi connectivity index (χ2n) is 7.08. The minimum atomic E-state index is -4.14. The van der Waals surface area contributed by atoms with Gasteiger partial charge < -0.3 is 10.6 Å². The number of rotatable bonds is 7. The molecule has 0 fully saturated rings. The zero-order valence-electron chi connectivity index (χ0n) is 16.5. The van der Waals surface area contributed by atoms with Crippen LogP contribution in [0.3, 0.4) is 0 Å². The lowest BCUT2D eigenvalue weighted by atomic mass is 10.1. The van der Waals surface area contributed by atoms with E-state index in [2.05, 4.69) is 15.4 Å². The average molecular weight is 461 g/mol. The van der Waals surface area contributed by atoms with E-state index in [-0.39, 0.29) is 21.4 Å².